The summed E-state index contributed by atoms with van der Waals surface area (Å²) in [5, 5.41) is 0. The van der Waals surface area contributed by atoms with Crippen LogP contribution in [-0.2, 0) is 0 Å². The van der Waals surface area contributed by atoms with Gasteiger partial charge in [-0.05, 0) is 0 Å². The van der Waals surface area contributed by atoms with Crippen molar-refractivity contribution in [3.63, 3.8) is 0 Å². The third kappa shape index (κ3) is 3.93. The maximum Gasteiger partial charge on any atom is 0.389 e. The van der Waals surface area contributed by atoms with E-state index in [1.165, 1.54) is 0 Å². The van der Waals surface area contributed by atoms with Crippen LogP contribution in [0.4, 0.5) is 39.5 Å². The van der Waals surface area contributed by atoms with Gasteiger partial charge in [0.2, 0.25) is 7.38 Å². The van der Waals surface area contributed by atoms with Crippen LogP contribution in [0.5, 0.6) is 0 Å². The van der Waals surface area contributed by atoms with Crippen molar-refractivity contribution >= 4 is 18.5 Å². The number of alkyl halides is 9. The summed E-state index contributed by atoms with van der Waals surface area (Å²) in [6, 6.07) is 0. The van der Waals surface area contributed by atoms with Crippen LogP contribution in [0.3, 0.4) is 0 Å². The Balaban J connectivity index is 5.28. The molecular weight excluding hydrogens is 331 g/mol. The molecule has 0 atom stereocenters. The first-order valence-corrected chi connectivity index (χ1v) is 8.86. The Morgan fingerprint density at radius 3 is 1.42 bits per heavy atom. The number of hydrogen-bond donors (Lipinski definition) is 0. The Bertz CT molecular complexity index is 317. The minimum absolute atomic E-state index is 0.502. The molecule has 116 valence electrons. The molecule has 0 aromatic heterocycles. The SMILES string of the molecule is C[Si](C)(Cl)C(F)(F)C(F)(F)C(F)(F)CCC(F)(F)F. The van der Waals surface area contributed by atoms with Crippen molar-refractivity contribution in [2.24, 2.45) is 0 Å². The van der Waals surface area contributed by atoms with Gasteiger partial charge in [-0.3, -0.25) is 0 Å². The predicted octanol–water partition coefficient (Wildman–Crippen LogP) is 5.22. The third-order valence-electron chi connectivity index (χ3n) is 2.32. The van der Waals surface area contributed by atoms with Gasteiger partial charge in [-0.25, -0.2) is 8.78 Å². The lowest BCUT2D eigenvalue weighted by atomic mass is 10.1. The van der Waals surface area contributed by atoms with Crippen LogP contribution >= 0.6 is 11.1 Å². The molecular formula is C8H10ClF9Si. The van der Waals surface area contributed by atoms with Crippen LogP contribution in [0.15, 0.2) is 0 Å². The van der Waals surface area contributed by atoms with Gasteiger partial charge >= 0.3 is 23.6 Å². The summed E-state index contributed by atoms with van der Waals surface area (Å²) in [5.41, 5.74) is -5.25. The lowest BCUT2D eigenvalue weighted by molar-refractivity contribution is -0.290. The van der Waals surface area contributed by atoms with Crippen molar-refractivity contribution in [2.45, 2.75) is 49.5 Å². The molecule has 11 heteroatoms. The molecule has 19 heavy (non-hydrogen) atoms. The minimum Gasteiger partial charge on any atom is -0.203 e. The Kier molecular flexibility index (Phi) is 4.98. The molecule has 0 nitrogen and oxygen atoms in total. The van der Waals surface area contributed by atoms with E-state index in [1.54, 1.807) is 0 Å². The van der Waals surface area contributed by atoms with Crippen LogP contribution in [0, 0.1) is 0 Å². The molecule has 0 saturated carbocycles. The lowest BCUT2D eigenvalue weighted by Gasteiger charge is -2.37. The summed E-state index contributed by atoms with van der Waals surface area (Å²) in [7, 11) is -4.58. The number of hydrogen-bond acceptors (Lipinski definition) is 0. The molecule has 0 N–H and O–H groups in total. The van der Waals surface area contributed by atoms with Gasteiger partial charge in [-0.15, -0.1) is 0 Å². The first-order chi connectivity index (χ1) is 7.96. The molecule has 0 amide bonds. The smallest absolute Gasteiger partial charge is 0.203 e. The Morgan fingerprint density at radius 1 is 0.789 bits per heavy atom. The normalized spacial score (nSPS) is 15.8. The lowest BCUT2D eigenvalue weighted by Crippen LogP contribution is -2.63. The van der Waals surface area contributed by atoms with Gasteiger partial charge in [0.05, 0.1) is 0 Å². The van der Waals surface area contributed by atoms with Crippen LogP contribution in [0.25, 0.3) is 0 Å². The summed E-state index contributed by atoms with van der Waals surface area (Å²) in [6.07, 6.45) is -9.88. The fraction of sp³-hybridized carbons (Fsp3) is 1.00. The Labute approximate surface area is 108 Å². The minimum atomic E-state index is -5.94. The van der Waals surface area contributed by atoms with Crippen molar-refractivity contribution in [1.82, 2.24) is 0 Å². The summed E-state index contributed by atoms with van der Waals surface area (Å²) in [4.78, 5) is 0. The van der Waals surface area contributed by atoms with E-state index >= 15 is 0 Å². The quantitative estimate of drug-likeness (QED) is 0.366. The second-order valence-corrected chi connectivity index (χ2v) is 10.8. The average Bonchev–Trinajstić information content (AvgIpc) is 2.11. The van der Waals surface area contributed by atoms with Crippen molar-refractivity contribution in [2.75, 3.05) is 0 Å². The Hall–Kier alpha value is -0.123. The van der Waals surface area contributed by atoms with Gasteiger partial charge in [0.1, 0.15) is 0 Å². The average molecular weight is 341 g/mol. The van der Waals surface area contributed by atoms with E-state index in [1.807, 2.05) is 0 Å². The fourth-order valence-corrected chi connectivity index (χ4v) is 2.34. The van der Waals surface area contributed by atoms with Gasteiger partial charge in [0.25, 0.3) is 0 Å². The summed E-state index contributed by atoms with van der Waals surface area (Å²) < 4.78 is 114. The van der Waals surface area contributed by atoms with Crippen molar-refractivity contribution in [1.29, 1.82) is 0 Å². The van der Waals surface area contributed by atoms with Gasteiger partial charge < -0.3 is 0 Å². The molecule has 0 aromatic rings. The summed E-state index contributed by atoms with van der Waals surface area (Å²) >= 11 is 5.06. The van der Waals surface area contributed by atoms with Crippen molar-refractivity contribution in [3.05, 3.63) is 0 Å². The summed E-state index contributed by atoms with van der Waals surface area (Å²) in [5.74, 6) is -11.5. The van der Waals surface area contributed by atoms with E-state index < -0.39 is 43.8 Å². The second-order valence-electron chi connectivity index (χ2n) is 4.44. The van der Waals surface area contributed by atoms with E-state index in [4.69, 9.17) is 11.1 Å². The molecule has 0 aliphatic rings. The topological polar surface area (TPSA) is 0 Å². The van der Waals surface area contributed by atoms with Crippen LogP contribution in [-0.4, -0.2) is 31.0 Å². The highest BCUT2D eigenvalue weighted by atomic mass is 35.6. The zero-order valence-corrected chi connectivity index (χ0v) is 11.4. The number of halogens is 10. The molecule has 0 aliphatic carbocycles. The van der Waals surface area contributed by atoms with Gasteiger partial charge in [0, 0.05) is 12.8 Å². The molecule has 0 rings (SSSR count). The molecule has 0 aromatic carbocycles. The van der Waals surface area contributed by atoms with Crippen LogP contribution < -0.4 is 0 Å². The highest BCUT2D eigenvalue weighted by Gasteiger charge is 2.76. The van der Waals surface area contributed by atoms with Crippen molar-refractivity contribution in [3.8, 4) is 0 Å². The molecule has 0 heterocycles. The van der Waals surface area contributed by atoms with E-state index in [-0.39, 0.29) is 0 Å². The predicted molar refractivity (Wildman–Crippen MR) is 53.5 cm³/mol. The fourth-order valence-electron chi connectivity index (χ4n) is 1.06. The zero-order chi connectivity index (χ0) is 15.9. The molecule has 0 bridgehead atoms. The van der Waals surface area contributed by atoms with Crippen molar-refractivity contribution < 1.29 is 39.5 Å². The second kappa shape index (κ2) is 5.01. The highest BCUT2D eigenvalue weighted by molar-refractivity contribution is 7.20. The maximum absolute atomic E-state index is 13.2. The van der Waals surface area contributed by atoms with E-state index in [2.05, 4.69) is 0 Å². The maximum atomic E-state index is 13.2. The standard InChI is InChI=1S/C8H10ClF9Si/c1-19(2,9)8(17,18)7(15,16)5(10,11)3-4-6(12,13)14/h3-4H2,1-2H3. The molecule has 0 radical (unpaired) electrons. The zero-order valence-electron chi connectivity index (χ0n) is 9.69. The molecule has 0 unspecified atom stereocenters. The Morgan fingerprint density at radius 2 is 1.16 bits per heavy atom. The monoisotopic (exact) mass is 340 g/mol. The summed E-state index contributed by atoms with van der Waals surface area (Å²) in [6.45, 7) is 1.00. The highest BCUT2D eigenvalue weighted by Crippen LogP contribution is 2.52. The first kappa shape index (κ1) is 18.9. The third-order valence-corrected chi connectivity index (χ3v) is 4.84. The molecule has 0 aliphatic heterocycles. The first-order valence-electron chi connectivity index (χ1n) is 4.85. The molecule has 0 spiro atoms. The molecule has 0 fully saturated rings. The molecule has 0 saturated heterocycles. The van der Waals surface area contributed by atoms with E-state index in [0.717, 1.165) is 0 Å². The van der Waals surface area contributed by atoms with E-state index in [0.29, 0.717) is 13.1 Å². The van der Waals surface area contributed by atoms with Gasteiger partial charge in [0.15, 0.2) is 0 Å². The number of rotatable bonds is 5. The van der Waals surface area contributed by atoms with Crippen LogP contribution in [0.2, 0.25) is 13.1 Å². The van der Waals surface area contributed by atoms with Gasteiger partial charge in [-0.2, -0.15) is 41.8 Å². The van der Waals surface area contributed by atoms with E-state index in [9.17, 15) is 39.5 Å². The van der Waals surface area contributed by atoms with Crippen LogP contribution in [0.1, 0.15) is 12.8 Å². The largest absolute Gasteiger partial charge is 0.389 e. The van der Waals surface area contributed by atoms with Gasteiger partial charge in [-0.1, -0.05) is 13.1 Å².